The lowest BCUT2D eigenvalue weighted by atomic mass is 10.1. The predicted octanol–water partition coefficient (Wildman–Crippen LogP) is 1.93. The van der Waals surface area contributed by atoms with Gasteiger partial charge in [-0.15, -0.1) is 0 Å². The van der Waals surface area contributed by atoms with Gasteiger partial charge < -0.3 is 10.6 Å². The lowest BCUT2D eigenvalue weighted by Crippen LogP contribution is -2.39. The smallest absolute Gasteiger partial charge is 0.240 e. The van der Waals surface area contributed by atoms with E-state index in [9.17, 15) is 8.42 Å². The molecule has 1 aliphatic heterocycles. The largest absolute Gasteiger partial charge is 0.383 e. The minimum absolute atomic E-state index is 0.106. The SMILES string of the molecule is CC(C)NS(=O)(=O)c1ccc(NCC2CCCCN2)cc1. The Labute approximate surface area is 127 Å². The van der Waals surface area contributed by atoms with Gasteiger partial charge in [-0.05, 0) is 57.5 Å². The summed E-state index contributed by atoms with van der Waals surface area (Å²) >= 11 is 0. The molecule has 3 N–H and O–H groups in total. The van der Waals surface area contributed by atoms with Crippen molar-refractivity contribution in [3.8, 4) is 0 Å². The molecule has 1 heterocycles. The van der Waals surface area contributed by atoms with E-state index in [0.717, 1.165) is 18.8 Å². The quantitative estimate of drug-likeness (QED) is 0.751. The van der Waals surface area contributed by atoms with Gasteiger partial charge in [-0.25, -0.2) is 13.1 Å². The molecule has 21 heavy (non-hydrogen) atoms. The zero-order chi connectivity index (χ0) is 15.3. The van der Waals surface area contributed by atoms with Crippen molar-refractivity contribution >= 4 is 15.7 Å². The maximum Gasteiger partial charge on any atom is 0.240 e. The van der Waals surface area contributed by atoms with Crippen molar-refractivity contribution in [1.82, 2.24) is 10.0 Å². The van der Waals surface area contributed by atoms with Gasteiger partial charge in [0, 0.05) is 24.3 Å². The summed E-state index contributed by atoms with van der Waals surface area (Å²) in [6, 6.07) is 7.31. The van der Waals surface area contributed by atoms with E-state index in [-0.39, 0.29) is 6.04 Å². The summed E-state index contributed by atoms with van der Waals surface area (Å²) in [6.45, 7) is 5.58. The van der Waals surface area contributed by atoms with Crippen molar-refractivity contribution in [2.45, 2.75) is 50.1 Å². The second-order valence-electron chi connectivity index (χ2n) is 5.83. The van der Waals surface area contributed by atoms with Crippen molar-refractivity contribution in [3.05, 3.63) is 24.3 Å². The van der Waals surface area contributed by atoms with Gasteiger partial charge in [0.05, 0.1) is 4.90 Å². The Bertz CT molecular complexity index is 535. The van der Waals surface area contributed by atoms with E-state index < -0.39 is 10.0 Å². The summed E-state index contributed by atoms with van der Waals surface area (Å²) in [4.78, 5) is 0.303. The average Bonchev–Trinajstić information content (AvgIpc) is 2.45. The van der Waals surface area contributed by atoms with Crippen LogP contribution in [0.25, 0.3) is 0 Å². The predicted molar refractivity (Wildman–Crippen MR) is 86.0 cm³/mol. The normalized spacial score (nSPS) is 19.7. The van der Waals surface area contributed by atoms with Crippen molar-refractivity contribution in [2.24, 2.45) is 0 Å². The van der Waals surface area contributed by atoms with Crippen molar-refractivity contribution in [3.63, 3.8) is 0 Å². The van der Waals surface area contributed by atoms with E-state index in [0.29, 0.717) is 10.9 Å². The monoisotopic (exact) mass is 311 g/mol. The maximum atomic E-state index is 12.0. The Morgan fingerprint density at radius 2 is 1.95 bits per heavy atom. The van der Waals surface area contributed by atoms with Crippen LogP contribution in [-0.4, -0.2) is 33.6 Å². The van der Waals surface area contributed by atoms with Crippen LogP contribution in [0.3, 0.4) is 0 Å². The number of benzene rings is 1. The molecule has 1 unspecified atom stereocenters. The molecule has 1 fully saturated rings. The first-order chi connectivity index (χ1) is 9.97. The van der Waals surface area contributed by atoms with Crippen LogP contribution in [0.4, 0.5) is 5.69 Å². The third-order valence-corrected chi connectivity index (χ3v) is 5.19. The molecule has 0 amide bonds. The fourth-order valence-corrected chi connectivity index (χ4v) is 3.72. The molecule has 0 aromatic heterocycles. The number of sulfonamides is 1. The molecule has 2 rings (SSSR count). The molecular weight excluding hydrogens is 286 g/mol. The molecule has 1 atom stereocenters. The Morgan fingerprint density at radius 3 is 2.52 bits per heavy atom. The van der Waals surface area contributed by atoms with Gasteiger partial charge in [0.2, 0.25) is 10.0 Å². The van der Waals surface area contributed by atoms with Crippen LogP contribution < -0.4 is 15.4 Å². The Hall–Kier alpha value is -1.11. The molecule has 6 heteroatoms. The van der Waals surface area contributed by atoms with E-state index in [4.69, 9.17) is 0 Å². The summed E-state index contributed by atoms with van der Waals surface area (Å²) in [5, 5.41) is 6.83. The highest BCUT2D eigenvalue weighted by Crippen LogP contribution is 2.15. The molecule has 0 spiro atoms. The average molecular weight is 311 g/mol. The summed E-state index contributed by atoms with van der Waals surface area (Å²) in [6.07, 6.45) is 3.72. The van der Waals surface area contributed by atoms with Gasteiger partial charge in [0.15, 0.2) is 0 Å². The van der Waals surface area contributed by atoms with Crippen LogP contribution in [0.1, 0.15) is 33.1 Å². The number of nitrogens with one attached hydrogen (secondary N) is 3. The van der Waals surface area contributed by atoms with Gasteiger partial charge in [-0.2, -0.15) is 0 Å². The van der Waals surface area contributed by atoms with E-state index in [1.54, 1.807) is 12.1 Å². The first kappa shape index (κ1) is 16.3. The summed E-state index contributed by atoms with van der Waals surface area (Å²) in [7, 11) is -3.40. The molecule has 1 aromatic rings. The van der Waals surface area contributed by atoms with Crippen LogP contribution in [0.5, 0.6) is 0 Å². The number of hydrogen-bond acceptors (Lipinski definition) is 4. The molecule has 1 saturated heterocycles. The van der Waals surface area contributed by atoms with E-state index in [1.165, 1.54) is 19.3 Å². The molecule has 1 aliphatic rings. The molecule has 0 bridgehead atoms. The first-order valence-electron chi connectivity index (χ1n) is 7.57. The van der Waals surface area contributed by atoms with Gasteiger partial charge in [0.1, 0.15) is 0 Å². The summed E-state index contributed by atoms with van der Waals surface area (Å²) in [5.41, 5.74) is 0.950. The van der Waals surface area contributed by atoms with E-state index >= 15 is 0 Å². The highest BCUT2D eigenvalue weighted by Gasteiger charge is 2.15. The molecule has 0 radical (unpaired) electrons. The molecule has 0 saturated carbocycles. The van der Waals surface area contributed by atoms with E-state index in [2.05, 4.69) is 15.4 Å². The van der Waals surface area contributed by atoms with Gasteiger partial charge in [-0.3, -0.25) is 0 Å². The standard InChI is InChI=1S/C15H25N3O2S/c1-12(2)18-21(19,20)15-8-6-13(7-9-15)17-11-14-5-3-4-10-16-14/h6-9,12,14,16-18H,3-5,10-11H2,1-2H3. The maximum absolute atomic E-state index is 12.0. The zero-order valence-electron chi connectivity index (χ0n) is 12.7. The lowest BCUT2D eigenvalue weighted by Gasteiger charge is -2.24. The van der Waals surface area contributed by atoms with Crippen LogP contribution in [-0.2, 0) is 10.0 Å². The first-order valence-corrected chi connectivity index (χ1v) is 9.05. The van der Waals surface area contributed by atoms with Gasteiger partial charge in [-0.1, -0.05) is 6.42 Å². The summed E-state index contributed by atoms with van der Waals surface area (Å²) < 4.78 is 26.6. The Morgan fingerprint density at radius 1 is 1.24 bits per heavy atom. The number of anilines is 1. The van der Waals surface area contributed by atoms with Crippen molar-refractivity contribution in [2.75, 3.05) is 18.4 Å². The highest BCUT2D eigenvalue weighted by molar-refractivity contribution is 7.89. The second-order valence-corrected chi connectivity index (χ2v) is 7.54. The lowest BCUT2D eigenvalue weighted by molar-refractivity contribution is 0.414. The molecular formula is C15H25N3O2S. The second kappa shape index (κ2) is 7.24. The third kappa shape index (κ3) is 4.98. The molecule has 1 aromatic carbocycles. The molecule has 0 aliphatic carbocycles. The highest BCUT2D eigenvalue weighted by atomic mass is 32.2. The Balaban J connectivity index is 1.92. The topological polar surface area (TPSA) is 70.2 Å². The van der Waals surface area contributed by atoms with Crippen LogP contribution in [0.2, 0.25) is 0 Å². The van der Waals surface area contributed by atoms with Gasteiger partial charge in [0.25, 0.3) is 0 Å². The zero-order valence-corrected chi connectivity index (χ0v) is 13.5. The third-order valence-electron chi connectivity index (χ3n) is 3.52. The van der Waals surface area contributed by atoms with Crippen molar-refractivity contribution < 1.29 is 8.42 Å². The van der Waals surface area contributed by atoms with Crippen LogP contribution >= 0.6 is 0 Å². The number of hydrogen-bond donors (Lipinski definition) is 3. The molecule has 118 valence electrons. The molecule has 5 nitrogen and oxygen atoms in total. The fourth-order valence-electron chi connectivity index (χ4n) is 2.47. The minimum atomic E-state index is -3.40. The van der Waals surface area contributed by atoms with Crippen LogP contribution in [0, 0.1) is 0 Å². The Kier molecular flexibility index (Phi) is 5.61. The van der Waals surface area contributed by atoms with Crippen molar-refractivity contribution in [1.29, 1.82) is 0 Å². The van der Waals surface area contributed by atoms with Crippen LogP contribution in [0.15, 0.2) is 29.2 Å². The van der Waals surface area contributed by atoms with E-state index in [1.807, 2.05) is 26.0 Å². The van der Waals surface area contributed by atoms with Gasteiger partial charge >= 0.3 is 0 Å². The summed E-state index contributed by atoms with van der Waals surface area (Å²) in [5.74, 6) is 0. The fraction of sp³-hybridized carbons (Fsp3) is 0.600. The number of rotatable bonds is 6. The number of piperidine rings is 1. The minimum Gasteiger partial charge on any atom is -0.383 e.